The van der Waals surface area contributed by atoms with Crippen molar-refractivity contribution in [1.29, 1.82) is 0 Å². The molecule has 2 aliphatic heterocycles. The Morgan fingerprint density at radius 2 is 1.15 bits per heavy atom. The Morgan fingerprint density at radius 3 is 1.46 bits per heavy atom. The molecular formula is C20H32O4P2. The first-order valence-corrected chi connectivity index (χ1v) is 12.1. The van der Waals surface area contributed by atoms with Gasteiger partial charge in [-0.2, -0.15) is 0 Å². The second kappa shape index (κ2) is 8.11. The minimum absolute atomic E-state index is 0.146. The van der Waals surface area contributed by atoms with Crippen molar-refractivity contribution in [2.75, 3.05) is 28.4 Å². The Labute approximate surface area is 160 Å². The molecule has 0 aromatic heterocycles. The van der Waals surface area contributed by atoms with Gasteiger partial charge in [-0.25, -0.2) is 0 Å². The summed E-state index contributed by atoms with van der Waals surface area (Å²) in [6.45, 7) is 4.50. The van der Waals surface area contributed by atoms with Crippen molar-refractivity contribution < 1.29 is 18.9 Å². The molecule has 0 bridgehead atoms. The highest BCUT2D eigenvalue weighted by Gasteiger charge is 2.51. The monoisotopic (exact) mass is 398 g/mol. The molecule has 6 unspecified atom stereocenters. The van der Waals surface area contributed by atoms with Crippen molar-refractivity contribution in [3.8, 4) is 0 Å². The summed E-state index contributed by atoms with van der Waals surface area (Å²) in [7, 11) is 6.16. The normalized spacial score (nSPS) is 40.2. The van der Waals surface area contributed by atoms with E-state index in [0.717, 1.165) is 25.7 Å². The fraction of sp³-hybridized carbons (Fsp3) is 0.700. The van der Waals surface area contributed by atoms with E-state index in [4.69, 9.17) is 18.9 Å². The third-order valence-corrected chi connectivity index (χ3v) is 13.1. The van der Waals surface area contributed by atoms with Gasteiger partial charge in [0.25, 0.3) is 0 Å². The largest absolute Gasteiger partial charge is 0.377 e. The van der Waals surface area contributed by atoms with E-state index in [1.54, 1.807) is 0 Å². The molecule has 6 heteroatoms. The van der Waals surface area contributed by atoms with Gasteiger partial charge in [-0.15, -0.1) is 0 Å². The maximum Gasteiger partial charge on any atom is 0.0905 e. The second-order valence-electron chi connectivity index (χ2n) is 7.45. The van der Waals surface area contributed by atoms with Crippen LogP contribution in [0, 0.1) is 0 Å². The molecule has 3 rings (SSSR count). The second-order valence-corrected chi connectivity index (χ2v) is 12.9. The van der Waals surface area contributed by atoms with Crippen LogP contribution in [0.1, 0.15) is 39.5 Å². The topological polar surface area (TPSA) is 36.9 Å². The zero-order valence-electron chi connectivity index (χ0n) is 16.8. The minimum atomic E-state index is -0.596. The van der Waals surface area contributed by atoms with Crippen molar-refractivity contribution in [3.05, 3.63) is 24.3 Å². The summed E-state index contributed by atoms with van der Waals surface area (Å²) in [5.74, 6) is 0.479. The van der Waals surface area contributed by atoms with Gasteiger partial charge in [0.15, 0.2) is 0 Å². The zero-order valence-corrected chi connectivity index (χ0v) is 18.6. The van der Waals surface area contributed by atoms with Crippen LogP contribution in [-0.4, -0.2) is 50.8 Å². The van der Waals surface area contributed by atoms with Crippen molar-refractivity contribution in [2.24, 2.45) is 0 Å². The van der Waals surface area contributed by atoms with E-state index < -0.39 is 15.8 Å². The van der Waals surface area contributed by atoms with E-state index in [2.05, 4.69) is 38.1 Å². The Balaban J connectivity index is 2.11. The number of benzene rings is 1. The molecule has 0 spiro atoms. The van der Waals surface area contributed by atoms with E-state index in [9.17, 15) is 0 Å². The molecule has 2 aliphatic rings. The number of ether oxygens (including phenoxy) is 4. The van der Waals surface area contributed by atoms with Crippen molar-refractivity contribution >= 4 is 26.5 Å². The summed E-state index contributed by atoms with van der Waals surface area (Å²) in [6, 6.07) is 8.89. The SMILES string of the molecule is COC1CCC(C)(OC)P1c1ccccc1P1C(OC)CCC1(C)OC. The van der Waals surface area contributed by atoms with E-state index in [1.807, 2.05) is 28.4 Å². The maximum atomic E-state index is 6.04. The molecule has 1 aromatic carbocycles. The van der Waals surface area contributed by atoms with Crippen LogP contribution in [0.25, 0.3) is 0 Å². The fourth-order valence-corrected chi connectivity index (χ4v) is 11.4. The van der Waals surface area contributed by atoms with E-state index >= 15 is 0 Å². The van der Waals surface area contributed by atoms with Gasteiger partial charge in [-0.3, -0.25) is 0 Å². The highest BCUT2D eigenvalue weighted by atomic mass is 31.1. The van der Waals surface area contributed by atoms with Crippen molar-refractivity contribution in [1.82, 2.24) is 0 Å². The van der Waals surface area contributed by atoms with Crippen LogP contribution in [0.4, 0.5) is 0 Å². The molecule has 2 fully saturated rings. The van der Waals surface area contributed by atoms with Crippen molar-refractivity contribution in [2.45, 2.75) is 61.9 Å². The molecular weight excluding hydrogens is 366 g/mol. The predicted molar refractivity (Wildman–Crippen MR) is 110 cm³/mol. The molecule has 0 radical (unpaired) electrons. The predicted octanol–water partition coefficient (Wildman–Crippen LogP) is 4.16. The third-order valence-electron chi connectivity index (χ3n) is 6.13. The Bertz CT molecular complexity index is 575. The van der Waals surface area contributed by atoms with Gasteiger partial charge in [0.1, 0.15) is 0 Å². The summed E-state index contributed by atoms with van der Waals surface area (Å²) in [5, 5.41) is 2.53. The van der Waals surface area contributed by atoms with Crippen LogP contribution < -0.4 is 10.6 Å². The first kappa shape index (κ1) is 20.6. The van der Waals surface area contributed by atoms with Crippen LogP contribution in [0.2, 0.25) is 0 Å². The van der Waals surface area contributed by atoms with Crippen LogP contribution >= 0.6 is 15.8 Å². The Kier molecular flexibility index (Phi) is 6.44. The number of rotatable bonds is 6. The highest BCUT2D eigenvalue weighted by molar-refractivity contribution is 7.74. The first-order chi connectivity index (χ1) is 12.4. The summed E-state index contributed by atoms with van der Waals surface area (Å²) in [5.41, 5.74) is 0. The number of hydrogen-bond donors (Lipinski definition) is 0. The van der Waals surface area contributed by atoms with Crippen LogP contribution in [-0.2, 0) is 18.9 Å². The van der Waals surface area contributed by atoms with Gasteiger partial charge in [0, 0.05) is 28.4 Å². The fourth-order valence-electron chi connectivity index (χ4n) is 4.43. The molecule has 4 nitrogen and oxygen atoms in total. The molecule has 26 heavy (non-hydrogen) atoms. The summed E-state index contributed by atoms with van der Waals surface area (Å²) >= 11 is 0. The summed E-state index contributed by atoms with van der Waals surface area (Å²) in [4.78, 5) is 0. The zero-order chi connectivity index (χ0) is 18.9. The lowest BCUT2D eigenvalue weighted by Crippen LogP contribution is -2.38. The molecule has 0 saturated carbocycles. The van der Waals surface area contributed by atoms with Crippen LogP contribution in [0.3, 0.4) is 0 Å². The van der Waals surface area contributed by atoms with Crippen molar-refractivity contribution in [3.63, 3.8) is 0 Å². The average Bonchev–Trinajstić information content (AvgIpc) is 3.19. The van der Waals surface area contributed by atoms with E-state index in [-0.39, 0.29) is 22.4 Å². The highest BCUT2D eigenvalue weighted by Crippen LogP contribution is 2.66. The molecule has 6 atom stereocenters. The summed E-state index contributed by atoms with van der Waals surface area (Å²) in [6.07, 6.45) is 4.17. The minimum Gasteiger partial charge on any atom is -0.377 e. The van der Waals surface area contributed by atoms with E-state index in [0.29, 0.717) is 0 Å². The van der Waals surface area contributed by atoms with Gasteiger partial charge in [-0.1, -0.05) is 24.3 Å². The average molecular weight is 398 g/mol. The lowest BCUT2D eigenvalue weighted by Gasteiger charge is -2.39. The lowest BCUT2D eigenvalue weighted by molar-refractivity contribution is 0.0797. The third kappa shape index (κ3) is 3.39. The summed E-state index contributed by atoms with van der Waals surface area (Å²) < 4.78 is 23.9. The maximum absolute atomic E-state index is 6.04. The molecule has 0 aliphatic carbocycles. The van der Waals surface area contributed by atoms with Gasteiger partial charge in [0.05, 0.1) is 22.4 Å². The number of hydrogen-bond acceptors (Lipinski definition) is 4. The molecule has 0 N–H and O–H groups in total. The Morgan fingerprint density at radius 1 is 0.769 bits per heavy atom. The van der Waals surface area contributed by atoms with Gasteiger partial charge >= 0.3 is 0 Å². The van der Waals surface area contributed by atoms with Gasteiger partial charge in [-0.05, 0) is 66.0 Å². The smallest absolute Gasteiger partial charge is 0.0905 e. The molecule has 2 heterocycles. The first-order valence-electron chi connectivity index (χ1n) is 9.27. The van der Waals surface area contributed by atoms with E-state index in [1.165, 1.54) is 10.6 Å². The molecule has 2 saturated heterocycles. The number of methoxy groups -OCH3 is 4. The standard InChI is InChI=1S/C20H32O4P2/c1-19(23-5)13-11-17(21-3)25(19)15-9-7-8-10-16(15)26-18(22-4)12-14-20(26,2)24-6/h7-10,17-18H,11-14H2,1-6H3. The van der Waals surface area contributed by atoms with Gasteiger partial charge in [0.2, 0.25) is 0 Å². The quantitative estimate of drug-likeness (QED) is 0.675. The van der Waals surface area contributed by atoms with Crippen LogP contribution in [0.5, 0.6) is 0 Å². The van der Waals surface area contributed by atoms with Crippen LogP contribution in [0.15, 0.2) is 24.3 Å². The lowest BCUT2D eigenvalue weighted by atomic mass is 10.2. The Hall–Kier alpha value is -0.0800. The molecule has 146 valence electrons. The van der Waals surface area contributed by atoms with Gasteiger partial charge < -0.3 is 18.9 Å². The molecule has 1 aromatic rings. The molecule has 0 amide bonds.